The number of anilines is 2. The van der Waals surface area contributed by atoms with Crippen LogP contribution >= 0.6 is 0 Å². The second-order valence-corrected chi connectivity index (χ2v) is 6.95. The van der Waals surface area contributed by atoms with E-state index < -0.39 is 0 Å². The zero-order valence-corrected chi connectivity index (χ0v) is 14.9. The zero-order chi connectivity index (χ0) is 18.4. The van der Waals surface area contributed by atoms with Gasteiger partial charge in [0.15, 0.2) is 5.96 Å². The minimum absolute atomic E-state index is 0.345. The van der Waals surface area contributed by atoms with Gasteiger partial charge in [-0.2, -0.15) is 0 Å². The fourth-order valence-corrected chi connectivity index (χ4v) is 4.06. The first-order valence-corrected chi connectivity index (χ1v) is 9.12. The first kappa shape index (κ1) is 15.7. The summed E-state index contributed by atoms with van der Waals surface area (Å²) in [6, 6.07) is 22.6. The third kappa shape index (κ3) is 2.57. The topological polar surface area (TPSA) is 76.4 Å². The van der Waals surface area contributed by atoms with Gasteiger partial charge in [0.25, 0.3) is 0 Å². The van der Waals surface area contributed by atoms with Crippen LogP contribution in [0.1, 0.15) is 11.1 Å². The number of nitrogens with zero attached hydrogens (tertiary/aromatic N) is 1. The molecular weight excluding hydrogens is 332 g/mol. The fraction of sp³-hybridized carbons (Fsp3) is 0.0870. The van der Waals surface area contributed by atoms with Gasteiger partial charge in [0.2, 0.25) is 0 Å². The number of hydrogen-bond donors (Lipinski definition) is 3. The van der Waals surface area contributed by atoms with Gasteiger partial charge >= 0.3 is 0 Å². The minimum Gasteiger partial charge on any atom is -0.397 e. The number of nitrogens with two attached hydrogens (primary N) is 2. The molecular formula is C23H20N4. The van der Waals surface area contributed by atoms with Crippen LogP contribution < -0.4 is 16.8 Å². The van der Waals surface area contributed by atoms with Gasteiger partial charge in [-0.1, -0.05) is 54.6 Å². The molecule has 5 N–H and O–H groups in total. The molecule has 0 saturated carbocycles. The Morgan fingerprint density at radius 3 is 2.59 bits per heavy atom. The highest BCUT2D eigenvalue weighted by Crippen LogP contribution is 2.36. The number of aliphatic imine (C=N–C) groups is 1. The number of hydrogen-bond acceptors (Lipinski definition) is 2. The second kappa shape index (κ2) is 6.02. The number of guanidine groups is 1. The van der Waals surface area contributed by atoms with Gasteiger partial charge < -0.3 is 16.8 Å². The molecule has 1 aliphatic rings. The minimum atomic E-state index is 0.345. The van der Waals surface area contributed by atoms with Crippen molar-refractivity contribution in [3.8, 4) is 0 Å². The van der Waals surface area contributed by atoms with E-state index in [-0.39, 0.29) is 0 Å². The molecule has 0 atom stereocenters. The van der Waals surface area contributed by atoms with E-state index >= 15 is 0 Å². The Bertz CT molecular complexity index is 1220. The number of fused-ring (bicyclic) bond motifs is 1. The zero-order valence-electron chi connectivity index (χ0n) is 14.9. The third-order valence-corrected chi connectivity index (χ3v) is 5.31. The highest BCUT2D eigenvalue weighted by atomic mass is 15.1. The summed E-state index contributed by atoms with van der Waals surface area (Å²) in [7, 11) is 0. The molecule has 4 aromatic carbocycles. The van der Waals surface area contributed by atoms with Crippen LogP contribution in [-0.4, -0.2) is 5.96 Å². The van der Waals surface area contributed by atoms with Crippen LogP contribution in [0.2, 0.25) is 0 Å². The summed E-state index contributed by atoms with van der Waals surface area (Å²) < 4.78 is 0. The number of rotatable bonds is 2. The van der Waals surface area contributed by atoms with Crippen molar-refractivity contribution in [3.63, 3.8) is 0 Å². The second-order valence-electron chi connectivity index (χ2n) is 6.95. The lowest BCUT2D eigenvalue weighted by atomic mass is 10.0. The lowest BCUT2D eigenvalue weighted by molar-refractivity contribution is 1.03. The first-order chi connectivity index (χ1) is 13.2. The summed E-state index contributed by atoms with van der Waals surface area (Å²) in [5, 5.41) is 8.01. The molecule has 4 aromatic rings. The van der Waals surface area contributed by atoms with E-state index in [1.807, 2.05) is 36.4 Å². The number of nitrogens with one attached hydrogen (secondary N) is 1. The Kier molecular flexibility index (Phi) is 3.50. The van der Waals surface area contributed by atoms with Gasteiger partial charge in [0.1, 0.15) is 0 Å². The van der Waals surface area contributed by atoms with Crippen LogP contribution in [-0.2, 0) is 12.8 Å². The van der Waals surface area contributed by atoms with Crippen molar-refractivity contribution in [3.05, 3.63) is 77.9 Å². The van der Waals surface area contributed by atoms with Crippen LogP contribution in [0.15, 0.2) is 71.7 Å². The molecule has 4 nitrogen and oxygen atoms in total. The molecule has 4 heteroatoms. The molecule has 0 unspecified atom stereocenters. The molecule has 0 saturated heterocycles. The van der Waals surface area contributed by atoms with Crippen LogP contribution in [0.5, 0.6) is 0 Å². The quantitative estimate of drug-likeness (QED) is 0.277. The van der Waals surface area contributed by atoms with Crippen molar-refractivity contribution in [2.24, 2.45) is 10.7 Å². The van der Waals surface area contributed by atoms with Crippen molar-refractivity contribution >= 4 is 44.6 Å². The molecule has 27 heavy (non-hydrogen) atoms. The van der Waals surface area contributed by atoms with Crippen molar-refractivity contribution in [1.29, 1.82) is 0 Å². The van der Waals surface area contributed by atoms with Crippen LogP contribution in [0.3, 0.4) is 0 Å². The highest BCUT2D eigenvalue weighted by molar-refractivity contribution is 6.04. The van der Waals surface area contributed by atoms with Gasteiger partial charge in [-0.25, -0.2) is 4.99 Å². The maximum atomic E-state index is 6.27. The van der Waals surface area contributed by atoms with Crippen LogP contribution in [0.4, 0.5) is 17.1 Å². The fourth-order valence-electron chi connectivity index (χ4n) is 4.06. The van der Waals surface area contributed by atoms with E-state index in [1.165, 1.54) is 21.9 Å². The summed E-state index contributed by atoms with van der Waals surface area (Å²) in [6.07, 6.45) is 2.08. The van der Waals surface area contributed by atoms with Crippen molar-refractivity contribution < 1.29 is 0 Å². The lowest BCUT2D eigenvalue weighted by Gasteiger charge is -2.12. The number of nitrogen functional groups attached to an aromatic ring is 1. The molecule has 1 aliphatic carbocycles. The largest absolute Gasteiger partial charge is 0.397 e. The molecule has 0 aliphatic heterocycles. The van der Waals surface area contributed by atoms with E-state index in [1.54, 1.807) is 0 Å². The summed E-state index contributed by atoms with van der Waals surface area (Å²) in [5.41, 5.74) is 17.5. The van der Waals surface area contributed by atoms with Gasteiger partial charge in [0.05, 0.1) is 11.4 Å². The summed E-state index contributed by atoms with van der Waals surface area (Å²) in [5.74, 6) is 0.345. The smallest absolute Gasteiger partial charge is 0.198 e. The maximum absolute atomic E-state index is 6.27. The van der Waals surface area contributed by atoms with Crippen LogP contribution in [0, 0.1) is 0 Å². The van der Waals surface area contributed by atoms with Crippen molar-refractivity contribution in [1.82, 2.24) is 0 Å². The molecule has 0 spiro atoms. The van der Waals surface area contributed by atoms with Crippen molar-refractivity contribution in [2.45, 2.75) is 12.8 Å². The summed E-state index contributed by atoms with van der Waals surface area (Å²) in [4.78, 5) is 4.61. The van der Waals surface area contributed by atoms with E-state index in [2.05, 4.69) is 40.6 Å². The molecule has 0 amide bonds. The normalized spacial score (nSPS) is 13.4. The Labute approximate surface area is 157 Å². The molecule has 5 rings (SSSR count). The van der Waals surface area contributed by atoms with E-state index in [0.717, 1.165) is 29.3 Å². The highest BCUT2D eigenvalue weighted by Gasteiger charge is 2.17. The molecule has 0 fully saturated rings. The van der Waals surface area contributed by atoms with Crippen molar-refractivity contribution in [2.75, 3.05) is 11.1 Å². The third-order valence-electron chi connectivity index (χ3n) is 5.31. The molecule has 0 radical (unpaired) electrons. The lowest BCUT2D eigenvalue weighted by Crippen LogP contribution is -2.22. The Morgan fingerprint density at radius 1 is 0.852 bits per heavy atom. The Balaban J connectivity index is 1.57. The van der Waals surface area contributed by atoms with E-state index in [4.69, 9.17) is 11.5 Å². The molecule has 0 bridgehead atoms. The average molecular weight is 352 g/mol. The van der Waals surface area contributed by atoms with Gasteiger partial charge in [-0.05, 0) is 52.3 Å². The average Bonchev–Trinajstić information content (AvgIpc) is 3.12. The Hall–Kier alpha value is -3.53. The Morgan fingerprint density at radius 2 is 1.67 bits per heavy atom. The number of aryl methyl sites for hydroxylation is 2. The molecule has 132 valence electrons. The van der Waals surface area contributed by atoms with Gasteiger partial charge in [0, 0.05) is 11.1 Å². The van der Waals surface area contributed by atoms with E-state index in [9.17, 15) is 0 Å². The number of benzene rings is 4. The van der Waals surface area contributed by atoms with Crippen LogP contribution in [0.25, 0.3) is 21.5 Å². The van der Waals surface area contributed by atoms with E-state index in [0.29, 0.717) is 17.3 Å². The van der Waals surface area contributed by atoms with Gasteiger partial charge in [-0.3, -0.25) is 0 Å². The molecule has 0 aromatic heterocycles. The summed E-state index contributed by atoms with van der Waals surface area (Å²) >= 11 is 0. The maximum Gasteiger partial charge on any atom is 0.198 e. The SMILES string of the molecule is NC(=Nc1c(N)ccc2ccccc12)Nc1ccc2cccc3c2c1CC3. The summed E-state index contributed by atoms with van der Waals surface area (Å²) in [6.45, 7) is 0. The predicted octanol–water partition coefficient (Wildman–Crippen LogP) is 4.73. The first-order valence-electron chi connectivity index (χ1n) is 9.12. The predicted molar refractivity (Wildman–Crippen MR) is 115 cm³/mol. The standard InChI is InChI=1S/C23H20N4/c24-19-12-9-14-4-1-2-7-17(14)22(19)27-23(25)26-20-13-10-16-6-3-5-15-8-11-18(20)21(15)16/h1-7,9-10,12-13H,8,11,24H2,(H3,25,26,27). The monoisotopic (exact) mass is 352 g/mol. The van der Waals surface area contributed by atoms with Gasteiger partial charge in [-0.15, -0.1) is 0 Å². The molecule has 0 heterocycles.